The predicted molar refractivity (Wildman–Crippen MR) is 139 cm³/mol. The van der Waals surface area contributed by atoms with E-state index in [9.17, 15) is 5.11 Å². The Morgan fingerprint density at radius 1 is 0.758 bits per heavy atom. The standard InChI is InChI=1S/C23H22N6O2S2/c1-31-19-11-7-15(8-12-19)21(27-29-23(25)33)17-4-2-3-16(13-17)20(26-28-22(24)32)14-5-9-18(30)10-6-14/h2-13,30H,1H3,(H3,24,28,32)(H3,25,29,33)/b26-20+,27-21-. The number of nitrogens with two attached hydrogens (primary N) is 2. The lowest BCUT2D eigenvalue weighted by Gasteiger charge is -2.12. The van der Waals surface area contributed by atoms with Gasteiger partial charge in [0.15, 0.2) is 10.2 Å². The molecule has 0 spiro atoms. The van der Waals surface area contributed by atoms with Crippen molar-refractivity contribution in [3.63, 3.8) is 0 Å². The highest BCUT2D eigenvalue weighted by Gasteiger charge is 2.13. The van der Waals surface area contributed by atoms with Crippen LogP contribution in [0, 0.1) is 0 Å². The number of phenolic OH excluding ortho intramolecular Hbond substituents is 1. The van der Waals surface area contributed by atoms with Gasteiger partial charge in [0.25, 0.3) is 0 Å². The summed E-state index contributed by atoms with van der Waals surface area (Å²) in [4.78, 5) is 0. The van der Waals surface area contributed by atoms with E-state index in [0.717, 1.165) is 28.0 Å². The van der Waals surface area contributed by atoms with Gasteiger partial charge in [-0.2, -0.15) is 10.2 Å². The van der Waals surface area contributed by atoms with E-state index in [0.29, 0.717) is 11.4 Å². The van der Waals surface area contributed by atoms with Crippen LogP contribution in [0.4, 0.5) is 0 Å². The number of hydrogen-bond donors (Lipinski definition) is 5. The molecule has 0 fully saturated rings. The Labute approximate surface area is 202 Å². The number of thiocarbonyl (C=S) groups is 2. The van der Waals surface area contributed by atoms with Gasteiger partial charge in [0.05, 0.1) is 18.5 Å². The highest BCUT2D eigenvalue weighted by atomic mass is 32.1. The van der Waals surface area contributed by atoms with Crippen molar-refractivity contribution < 1.29 is 9.84 Å². The van der Waals surface area contributed by atoms with Gasteiger partial charge >= 0.3 is 0 Å². The predicted octanol–water partition coefficient (Wildman–Crippen LogP) is 2.57. The number of methoxy groups -OCH3 is 1. The minimum Gasteiger partial charge on any atom is -0.508 e. The van der Waals surface area contributed by atoms with E-state index in [4.69, 9.17) is 40.6 Å². The third kappa shape index (κ3) is 6.48. The highest BCUT2D eigenvalue weighted by molar-refractivity contribution is 7.80. The van der Waals surface area contributed by atoms with Crippen LogP contribution < -0.4 is 27.1 Å². The number of hydrogen-bond acceptors (Lipinski definition) is 6. The molecule has 0 aliphatic rings. The number of rotatable bonds is 7. The molecule has 3 rings (SSSR count). The Morgan fingerprint density at radius 3 is 1.64 bits per heavy atom. The van der Waals surface area contributed by atoms with Crippen molar-refractivity contribution in [1.29, 1.82) is 0 Å². The monoisotopic (exact) mass is 478 g/mol. The first kappa shape index (κ1) is 23.6. The van der Waals surface area contributed by atoms with Crippen molar-refractivity contribution >= 4 is 46.1 Å². The minimum atomic E-state index is 0.0311. The average Bonchev–Trinajstić information content (AvgIpc) is 2.81. The summed E-state index contributed by atoms with van der Waals surface area (Å²) in [6.45, 7) is 0. The van der Waals surface area contributed by atoms with E-state index < -0.39 is 0 Å². The molecule has 0 saturated carbocycles. The molecule has 0 heterocycles. The number of aromatic hydroxyl groups is 1. The maximum atomic E-state index is 9.66. The summed E-state index contributed by atoms with van der Waals surface area (Å²) in [6, 6.07) is 21.7. The third-order valence-corrected chi connectivity index (χ3v) is 4.65. The Hall–Kier alpha value is -4.02. The van der Waals surface area contributed by atoms with Crippen molar-refractivity contribution in [1.82, 2.24) is 10.9 Å². The second-order valence-electron chi connectivity index (χ2n) is 6.73. The van der Waals surface area contributed by atoms with Gasteiger partial charge in [-0.05, 0) is 79.0 Å². The summed E-state index contributed by atoms with van der Waals surface area (Å²) in [5, 5.41) is 18.5. The van der Waals surface area contributed by atoms with Crippen LogP contribution >= 0.6 is 24.4 Å². The molecule has 0 unspecified atom stereocenters. The van der Waals surface area contributed by atoms with Crippen LogP contribution in [0.1, 0.15) is 22.3 Å². The molecule has 0 radical (unpaired) electrons. The van der Waals surface area contributed by atoms with Gasteiger partial charge in [-0.15, -0.1) is 0 Å². The Morgan fingerprint density at radius 2 is 1.21 bits per heavy atom. The van der Waals surface area contributed by atoms with Gasteiger partial charge in [-0.25, -0.2) is 0 Å². The summed E-state index contributed by atoms with van der Waals surface area (Å²) in [7, 11) is 1.60. The molecule has 7 N–H and O–H groups in total. The van der Waals surface area contributed by atoms with Crippen LogP contribution in [0.5, 0.6) is 11.5 Å². The fourth-order valence-electron chi connectivity index (χ4n) is 3.00. The molecule has 0 bridgehead atoms. The number of phenols is 1. The minimum absolute atomic E-state index is 0.0311. The summed E-state index contributed by atoms with van der Waals surface area (Å²) in [6.07, 6.45) is 0. The van der Waals surface area contributed by atoms with E-state index in [1.807, 2.05) is 48.5 Å². The maximum absolute atomic E-state index is 9.66. The number of nitrogens with zero attached hydrogens (tertiary/aromatic N) is 2. The van der Waals surface area contributed by atoms with Crippen LogP contribution in [0.3, 0.4) is 0 Å². The molecular formula is C23H22N6O2S2. The SMILES string of the molecule is COc1ccc(/C(=N/NC(N)=S)c2cccc(/C(=N/NC(N)=S)c3ccc(O)cc3)c2)cc1. The largest absolute Gasteiger partial charge is 0.508 e. The molecule has 3 aromatic rings. The van der Waals surface area contributed by atoms with Gasteiger partial charge < -0.3 is 21.3 Å². The van der Waals surface area contributed by atoms with E-state index >= 15 is 0 Å². The van der Waals surface area contributed by atoms with Crippen LogP contribution in [-0.2, 0) is 0 Å². The van der Waals surface area contributed by atoms with Gasteiger partial charge in [0.1, 0.15) is 11.5 Å². The van der Waals surface area contributed by atoms with Crippen LogP contribution in [0.2, 0.25) is 0 Å². The van der Waals surface area contributed by atoms with Crippen molar-refractivity contribution in [2.75, 3.05) is 7.11 Å². The molecule has 10 heteroatoms. The lowest BCUT2D eigenvalue weighted by molar-refractivity contribution is 0.415. The van der Waals surface area contributed by atoms with Crippen LogP contribution in [0.25, 0.3) is 0 Å². The van der Waals surface area contributed by atoms with E-state index in [1.54, 1.807) is 31.4 Å². The van der Waals surface area contributed by atoms with Crippen LogP contribution in [0.15, 0.2) is 83.0 Å². The molecule has 168 valence electrons. The third-order valence-electron chi connectivity index (χ3n) is 4.47. The molecule has 8 nitrogen and oxygen atoms in total. The second kappa shape index (κ2) is 11.0. The summed E-state index contributed by atoms with van der Waals surface area (Å²) in [5.41, 5.74) is 20.8. The van der Waals surface area contributed by atoms with Gasteiger partial charge in [-0.1, -0.05) is 18.2 Å². The molecule has 33 heavy (non-hydrogen) atoms. The zero-order chi connectivity index (χ0) is 23.8. The summed E-state index contributed by atoms with van der Waals surface area (Å²) < 4.78 is 5.25. The lowest BCUT2D eigenvalue weighted by atomic mass is 9.96. The molecule has 0 saturated heterocycles. The lowest BCUT2D eigenvalue weighted by Crippen LogP contribution is -2.26. The molecule has 0 aliphatic carbocycles. The molecule has 0 aliphatic heterocycles. The fourth-order valence-corrected chi connectivity index (χ4v) is 3.09. The molecule has 0 aromatic heterocycles. The first-order chi connectivity index (χ1) is 15.9. The first-order valence-corrected chi connectivity index (χ1v) is 10.5. The average molecular weight is 479 g/mol. The second-order valence-corrected chi connectivity index (χ2v) is 7.61. The highest BCUT2D eigenvalue weighted by Crippen LogP contribution is 2.20. The molecular weight excluding hydrogens is 456 g/mol. The van der Waals surface area contributed by atoms with Gasteiger partial charge in [-0.3, -0.25) is 10.9 Å². The number of nitrogens with one attached hydrogen (secondary N) is 2. The van der Waals surface area contributed by atoms with E-state index in [2.05, 4.69) is 21.1 Å². The van der Waals surface area contributed by atoms with Gasteiger partial charge in [0, 0.05) is 22.3 Å². The van der Waals surface area contributed by atoms with Crippen molar-refractivity contribution in [3.05, 3.63) is 95.1 Å². The number of ether oxygens (including phenoxy) is 1. The van der Waals surface area contributed by atoms with Crippen molar-refractivity contribution in [2.45, 2.75) is 0 Å². The quantitative estimate of drug-likeness (QED) is 0.199. The Bertz CT molecular complexity index is 1210. The van der Waals surface area contributed by atoms with Crippen molar-refractivity contribution in [2.24, 2.45) is 21.7 Å². The molecule has 0 amide bonds. The summed E-state index contributed by atoms with van der Waals surface area (Å²) in [5.74, 6) is 0.867. The smallest absolute Gasteiger partial charge is 0.184 e. The normalized spacial score (nSPS) is 11.5. The first-order valence-electron chi connectivity index (χ1n) is 9.68. The maximum Gasteiger partial charge on any atom is 0.184 e. The number of benzene rings is 3. The zero-order valence-corrected chi connectivity index (χ0v) is 19.3. The molecule has 3 aromatic carbocycles. The Balaban J connectivity index is 2.10. The fraction of sp³-hybridized carbons (Fsp3) is 0.0435. The zero-order valence-electron chi connectivity index (χ0n) is 17.6. The van der Waals surface area contributed by atoms with Gasteiger partial charge in [0.2, 0.25) is 0 Å². The number of hydrazone groups is 2. The van der Waals surface area contributed by atoms with E-state index in [-0.39, 0.29) is 16.0 Å². The van der Waals surface area contributed by atoms with Crippen molar-refractivity contribution in [3.8, 4) is 11.5 Å². The summed E-state index contributed by atoms with van der Waals surface area (Å²) >= 11 is 9.82. The van der Waals surface area contributed by atoms with E-state index in [1.165, 1.54) is 0 Å². The molecule has 0 atom stereocenters. The van der Waals surface area contributed by atoms with Crippen LogP contribution in [-0.4, -0.2) is 33.9 Å². The Kier molecular flexibility index (Phi) is 7.90. The topological polar surface area (TPSA) is 130 Å².